The molecule has 3 aromatic rings. The Bertz CT molecular complexity index is 1660. The maximum absolute atomic E-state index is 13.4. The maximum Gasteiger partial charge on any atom is 0.511 e. The number of Topliss-reactive ketones (excluding diaryl/α,β-unsaturated/α-hetero) is 1. The quantitative estimate of drug-likeness (QED) is 0.0905. The number of carbonyl (C=O) groups excluding carboxylic acids is 3. The monoisotopic (exact) mass is 729 g/mol. The average Bonchev–Trinajstić information content (AvgIpc) is 3.82. The minimum absolute atomic E-state index is 0.0247. The van der Waals surface area contributed by atoms with Crippen LogP contribution in [0.2, 0.25) is 0 Å². The largest absolute Gasteiger partial charge is 0.511 e. The number of hydrogen-bond donors (Lipinski definition) is 2. The number of nitrogens with one attached hydrogen (secondary N) is 2. The van der Waals surface area contributed by atoms with Crippen molar-refractivity contribution in [1.29, 1.82) is 0 Å². The van der Waals surface area contributed by atoms with Crippen molar-refractivity contribution in [1.82, 2.24) is 10.2 Å². The summed E-state index contributed by atoms with van der Waals surface area (Å²) in [6.45, 7) is 7.57. The molecule has 1 saturated heterocycles. The molecule has 2 saturated carbocycles. The van der Waals surface area contributed by atoms with Gasteiger partial charge >= 0.3 is 12.2 Å². The predicted molar refractivity (Wildman–Crippen MR) is 206 cm³/mol. The van der Waals surface area contributed by atoms with Crippen molar-refractivity contribution in [2.75, 3.05) is 18.4 Å². The van der Waals surface area contributed by atoms with Gasteiger partial charge in [0.05, 0.1) is 6.04 Å². The van der Waals surface area contributed by atoms with Gasteiger partial charge in [-0.2, -0.15) is 0 Å². The van der Waals surface area contributed by atoms with Crippen LogP contribution in [0.25, 0.3) is 10.4 Å². The first-order chi connectivity index (χ1) is 25.2. The molecule has 280 valence electrons. The van der Waals surface area contributed by atoms with Crippen molar-refractivity contribution in [2.45, 2.75) is 135 Å². The van der Waals surface area contributed by atoms with E-state index in [4.69, 9.17) is 14.2 Å². The van der Waals surface area contributed by atoms with Crippen LogP contribution in [0.15, 0.2) is 54.6 Å². The summed E-state index contributed by atoms with van der Waals surface area (Å²) in [7, 11) is 0. The van der Waals surface area contributed by atoms with Gasteiger partial charge in [0.25, 0.3) is 0 Å². The number of thiophene rings is 1. The van der Waals surface area contributed by atoms with Crippen molar-refractivity contribution in [3.8, 4) is 10.4 Å². The van der Waals surface area contributed by atoms with E-state index in [9.17, 15) is 14.4 Å². The van der Waals surface area contributed by atoms with Gasteiger partial charge in [-0.25, -0.2) is 9.59 Å². The van der Waals surface area contributed by atoms with Gasteiger partial charge in [-0.05, 0) is 105 Å². The zero-order valence-corrected chi connectivity index (χ0v) is 31.8. The van der Waals surface area contributed by atoms with Crippen LogP contribution in [0, 0.1) is 6.92 Å². The fourth-order valence-electron chi connectivity index (χ4n) is 7.56. The summed E-state index contributed by atoms with van der Waals surface area (Å²) in [6, 6.07) is 19.9. The van der Waals surface area contributed by atoms with E-state index in [0.29, 0.717) is 31.5 Å². The highest BCUT2D eigenvalue weighted by Crippen LogP contribution is 2.32. The molecule has 1 amide bonds. The van der Waals surface area contributed by atoms with E-state index in [0.717, 1.165) is 68.3 Å². The van der Waals surface area contributed by atoms with Crippen LogP contribution >= 0.6 is 11.3 Å². The fourth-order valence-corrected chi connectivity index (χ4v) is 8.52. The SMILES string of the molecule is Cc1ccc(NC2CN(C(=O)OC(C)OC(=O)OC3CCCCC3)C2)cc1C(=O)CCC[C@H](C)c1cccc(-c2ccc(CNC3CCCC3)s2)c1. The summed E-state index contributed by atoms with van der Waals surface area (Å²) in [6.07, 6.45) is 9.95. The fraction of sp³-hybridized carbons (Fsp3) is 0.548. The Balaban J connectivity index is 0.912. The second kappa shape index (κ2) is 18.2. The van der Waals surface area contributed by atoms with E-state index < -0.39 is 18.5 Å². The number of ether oxygens (including phenoxy) is 3. The molecule has 3 aliphatic rings. The molecule has 10 heteroatoms. The first-order valence-electron chi connectivity index (χ1n) is 19.4. The second-order valence-electron chi connectivity index (χ2n) is 14.9. The number of benzene rings is 2. The number of nitrogens with zero attached hydrogens (tertiary/aromatic N) is 1. The zero-order chi connectivity index (χ0) is 36.5. The lowest BCUT2D eigenvalue weighted by Gasteiger charge is -2.39. The average molecular weight is 730 g/mol. The molecule has 52 heavy (non-hydrogen) atoms. The molecular weight excluding hydrogens is 675 g/mol. The predicted octanol–water partition coefficient (Wildman–Crippen LogP) is 9.98. The summed E-state index contributed by atoms with van der Waals surface area (Å²) < 4.78 is 15.8. The topological polar surface area (TPSA) is 106 Å². The highest BCUT2D eigenvalue weighted by atomic mass is 32.1. The molecule has 2 heterocycles. The molecule has 9 nitrogen and oxygen atoms in total. The maximum atomic E-state index is 13.4. The van der Waals surface area contributed by atoms with E-state index in [2.05, 4.69) is 54.0 Å². The molecule has 2 atom stereocenters. The van der Waals surface area contributed by atoms with Crippen molar-refractivity contribution in [3.05, 3.63) is 76.2 Å². The van der Waals surface area contributed by atoms with E-state index in [1.807, 2.05) is 36.5 Å². The van der Waals surface area contributed by atoms with Crippen LogP contribution < -0.4 is 10.6 Å². The van der Waals surface area contributed by atoms with Crippen LogP contribution in [0.1, 0.15) is 123 Å². The summed E-state index contributed by atoms with van der Waals surface area (Å²) in [5, 5.41) is 7.17. The molecule has 1 aromatic heterocycles. The van der Waals surface area contributed by atoms with Crippen LogP contribution in [-0.4, -0.2) is 60.5 Å². The van der Waals surface area contributed by atoms with Crippen molar-refractivity contribution in [2.24, 2.45) is 0 Å². The molecule has 3 fully saturated rings. The molecular formula is C42H55N3O6S. The van der Waals surface area contributed by atoms with Gasteiger partial charge in [0.15, 0.2) is 5.78 Å². The Morgan fingerprint density at radius 2 is 1.65 bits per heavy atom. The molecule has 1 unspecified atom stereocenters. The lowest BCUT2D eigenvalue weighted by Crippen LogP contribution is -2.57. The Hall–Kier alpha value is -3.89. The standard InChI is InChI=1S/C42H55N3O6S/c1-28(31-12-10-13-32(23-31)40-22-21-37(52-40)25-43-33-14-7-8-15-33)11-9-18-39(46)38-24-34(20-19-29(38)2)44-35-26-45(27-35)41(47)49-30(3)50-42(48)51-36-16-5-4-6-17-36/h10,12-13,19-24,28,30,33,35-36,43-44H,4-9,11,14-18,25-27H2,1-3H3/t28-,30?/m0/s1. The van der Waals surface area contributed by atoms with Gasteiger partial charge in [-0.15, -0.1) is 11.3 Å². The second-order valence-corrected chi connectivity index (χ2v) is 16.1. The van der Waals surface area contributed by atoms with E-state index in [1.165, 1.54) is 53.5 Å². The minimum Gasteiger partial charge on any atom is -0.431 e. The molecule has 2 N–H and O–H groups in total. The molecule has 6 rings (SSSR count). The number of ketones is 1. The van der Waals surface area contributed by atoms with Crippen LogP contribution in [0.5, 0.6) is 0 Å². The van der Waals surface area contributed by atoms with Gasteiger partial charge < -0.3 is 29.7 Å². The van der Waals surface area contributed by atoms with Gasteiger partial charge in [0.2, 0.25) is 6.29 Å². The molecule has 2 aromatic carbocycles. The molecule has 0 spiro atoms. The summed E-state index contributed by atoms with van der Waals surface area (Å²) in [5.74, 6) is 0.498. The Morgan fingerprint density at radius 3 is 2.44 bits per heavy atom. The number of anilines is 1. The Labute approximate surface area is 312 Å². The van der Waals surface area contributed by atoms with Crippen LogP contribution in [0.4, 0.5) is 15.3 Å². The van der Waals surface area contributed by atoms with Crippen LogP contribution in [-0.2, 0) is 20.8 Å². The van der Waals surface area contributed by atoms with Gasteiger partial charge in [-0.3, -0.25) is 4.79 Å². The highest BCUT2D eigenvalue weighted by Gasteiger charge is 2.33. The lowest BCUT2D eigenvalue weighted by molar-refractivity contribution is -0.0955. The van der Waals surface area contributed by atoms with Gasteiger partial charge in [0.1, 0.15) is 6.10 Å². The Kier molecular flexibility index (Phi) is 13.3. The normalized spacial score (nSPS) is 18.0. The van der Waals surface area contributed by atoms with Crippen LogP contribution in [0.3, 0.4) is 0 Å². The molecule has 0 radical (unpaired) electrons. The minimum atomic E-state index is -1.04. The lowest BCUT2D eigenvalue weighted by atomic mass is 9.92. The third kappa shape index (κ3) is 10.6. The molecule has 2 aliphatic carbocycles. The van der Waals surface area contributed by atoms with Gasteiger partial charge in [0, 0.05) is 60.0 Å². The van der Waals surface area contributed by atoms with Crippen molar-refractivity contribution >= 4 is 35.1 Å². The first-order valence-corrected chi connectivity index (χ1v) is 20.2. The number of hydrogen-bond acceptors (Lipinski definition) is 9. The van der Waals surface area contributed by atoms with E-state index >= 15 is 0 Å². The number of rotatable bonds is 15. The molecule has 0 bridgehead atoms. The van der Waals surface area contributed by atoms with E-state index in [1.54, 1.807) is 4.90 Å². The third-order valence-electron chi connectivity index (χ3n) is 10.8. The summed E-state index contributed by atoms with van der Waals surface area (Å²) >= 11 is 1.88. The van der Waals surface area contributed by atoms with Crippen molar-refractivity contribution in [3.63, 3.8) is 0 Å². The number of carbonyl (C=O) groups is 3. The first kappa shape index (κ1) is 37.9. The zero-order valence-electron chi connectivity index (χ0n) is 31.0. The number of aryl methyl sites for hydroxylation is 1. The number of likely N-dealkylation sites (tertiary alicyclic amines) is 1. The summed E-state index contributed by atoms with van der Waals surface area (Å²) in [4.78, 5) is 42.3. The number of amides is 1. The Morgan fingerprint density at radius 1 is 0.885 bits per heavy atom. The summed E-state index contributed by atoms with van der Waals surface area (Å²) in [5.41, 5.74) is 5.12. The third-order valence-corrected chi connectivity index (χ3v) is 11.9. The van der Waals surface area contributed by atoms with Crippen molar-refractivity contribution < 1.29 is 28.6 Å². The smallest absolute Gasteiger partial charge is 0.431 e. The highest BCUT2D eigenvalue weighted by molar-refractivity contribution is 7.15. The van der Waals surface area contributed by atoms with E-state index in [-0.39, 0.29) is 17.9 Å². The molecule has 1 aliphatic heterocycles. The van der Waals surface area contributed by atoms with Gasteiger partial charge in [-0.1, -0.05) is 56.5 Å².